The number of aromatic nitrogens is 2. The molecule has 3 rings (SSSR count). The Morgan fingerprint density at radius 1 is 1.04 bits per heavy atom. The summed E-state index contributed by atoms with van der Waals surface area (Å²) in [6.07, 6.45) is 5.11. The van der Waals surface area contributed by atoms with Crippen molar-refractivity contribution in [1.82, 2.24) is 9.97 Å². The maximum atomic E-state index is 12.8. The van der Waals surface area contributed by atoms with E-state index in [0.29, 0.717) is 40.1 Å². The van der Waals surface area contributed by atoms with Gasteiger partial charge in [0, 0.05) is 37.1 Å². The Morgan fingerprint density at radius 2 is 1.68 bits per heavy atom. The van der Waals surface area contributed by atoms with E-state index in [2.05, 4.69) is 20.2 Å². The monoisotopic (exact) mass is 386 g/mol. The van der Waals surface area contributed by atoms with E-state index in [0.717, 1.165) is 25.9 Å². The van der Waals surface area contributed by atoms with Gasteiger partial charge in [-0.2, -0.15) is 0 Å². The molecule has 0 radical (unpaired) electrons. The Labute approximate surface area is 164 Å². The van der Waals surface area contributed by atoms with Gasteiger partial charge in [0.1, 0.15) is 0 Å². The molecule has 1 saturated heterocycles. The molecule has 150 valence electrons. The number of aryl methyl sites for hydroxylation is 1. The number of piperidine rings is 1. The first-order valence-corrected chi connectivity index (χ1v) is 9.27. The summed E-state index contributed by atoms with van der Waals surface area (Å²) in [5.41, 5.74) is 1.59. The molecule has 1 aliphatic heterocycles. The number of carbonyl (C=O) groups is 1. The third kappa shape index (κ3) is 4.11. The van der Waals surface area contributed by atoms with Gasteiger partial charge >= 0.3 is 0 Å². The summed E-state index contributed by atoms with van der Waals surface area (Å²) in [6.45, 7) is 3.73. The predicted molar refractivity (Wildman–Crippen MR) is 107 cm³/mol. The van der Waals surface area contributed by atoms with E-state index in [1.165, 1.54) is 27.8 Å². The Kier molecular flexibility index (Phi) is 6.18. The highest BCUT2D eigenvalue weighted by atomic mass is 16.5. The number of rotatable bonds is 6. The van der Waals surface area contributed by atoms with Crippen molar-refractivity contribution < 1.29 is 19.0 Å². The van der Waals surface area contributed by atoms with E-state index >= 15 is 0 Å². The predicted octanol–water partition coefficient (Wildman–Crippen LogP) is 3.05. The van der Waals surface area contributed by atoms with E-state index in [-0.39, 0.29) is 5.91 Å². The lowest BCUT2D eigenvalue weighted by Crippen LogP contribution is -2.31. The summed E-state index contributed by atoms with van der Waals surface area (Å²) in [7, 11) is 4.59. The second kappa shape index (κ2) is 8.77. The van der Waals surface area contributed by atoms with E-state index in [9.17, 15) is 4.79 Å². The molecule has 8 nitrogen and oxygen atoms in total. The van der Waals surface area contributed by atoms with Gasteiger partial charge < -0.3 is 24.4 Å². The fourth-order valence-electron chi connectivity index (χ4n) is 3.28. The van der Waals surface area contributed by atoms with Crippen molar-refractivity contribution in [1.29, 1.82) is 0 Å². The largest absolute Gasteiger partial charge is 0.493 e. The van der Waals surface area contributed by atoms with Gasteiger partial charge in [-0.1, -0.05) is 0 Å². The van der Waals surface area contributed by atoms with Crippen molar-refractivity contribution in [2.45, 2.75) is 26.2 Å². The molecule has 28 heavy (non-hydrogen) atoms. The van der Waals surface area contributed by atoms with Crippen LogP contribution in [0.25, 0.3) is 0 Å². The molecule has 0 atom stereocenters. The second-order valence-electron chi connectivity index (χ2n) is 6.58. The van der Waals surface area contributed by atoms with Gasteiger partial charge in [-0.05, 0) is 26.2 Å². The van der Waals surface area contributed by atoms with Crippen molar-refractivity contribution >= 4 is 17.5 Å². The Balaban J connectivity index is 1.81. The van der Waals surface area contributed by atoms with Gasteiger partial charge in [-0.3, -0.25) is 4.79 Å². The van der Waals surface area contributed by atoms with Gasteiger partial charge in [-0.25, -0.2) is 9.97 Å². The van der Waals surface area contributed by atoms with Crippen molar-refractivity contribution in [3.8, 4) is 17.2 Å². The van der Waals surface area contributed by atoms with Gasteiger partial charge in [0.05, 0.1) is 32.6 Å². The van der Waals surface area contributed by atoms with Crippen molar-refractivity contribution in [3.63, 3.8) is 0 Å². The lowest BCUT2D eigenvalue weighted by Gasteiger charge is -2.26. The van der Waals surface area contributed by atoms with Crippen LogP contribution in [0.15, 0.2) is 18.3 Å². The molecular weight excluding hydrogens is 360 g/mol. The third-order valence-corrected chi connectivity index (χ3v) is 4.77. The fraction of sp³-hybridized carbons (Fsp3) is 0.450. The van der Waals surface area contributed by atoms with E-state index in [4.69, 9.17) is 14.2 Å². The Morgan fingerprint density at radius 3 is 2.21 bits per heavy atom. The molecule has 0 unspecified atom stereocenters. The number of hydrogen-bond acceptors (Lipinski definition) is 7. The number of amides is 1. The van der Waals surface area contributed by atoms with Gasteiger partial charge in [0.2, 0.25) is 11.7 Å². The smallest absolute Gasteiger partial charge is 0.259 e. The van der Waals surface area contributed by atoms with Crippen molar-refractivity contribution in [3.05, 3.63) is 29.6 Å². The highest BCUT2D eigenvalue weighted by molar-refractivity contribution is 6.05. The van der Waals surface area contributed by atoms with Crippen LogP contribution < -0.4 is 24.4 Å². The first kappa shape index (κ1) is 19.7. The van der Waals surface area contributed by atoms with Crippen molar-refractivity contribution in [2.24, 2.45) is 0 Å². The molecule has 0 spiro atoms. The summed E-state index contributed by atoms with van der Waals surface area (Å²) in [5.74, 6) is 1.78. The SMILES string of the molecule is COc1cc(NC(=O)c2cnc(N3CCCCC3)nc2C)cc(OC)c1OC. The zero-order chi connectivity index (χ0) is 20.1. The topological polar surface area (TPSA) is 85.8 Å². The molecule has 2 aromatic rings. The number of benzene rings is 1. The highest BCUT2D eigenvalue weighted by Crippen LogP contribution is 2.40. The number of ether oxygens (including phenoxy) is 3. The van der Waals surface area contributed by atoms with Crippen LogP contribution in [0, 0.1) is 6.92 Å². The standard InChI is InChI=1S/C20H26N4O4/c1-13-15(12-21-20(22-13)24-8-6-5-7-9-24)19(25)23-14-10-16(26-2)18(28-4)17(11-14)27-3/h10-12H,5-9H2,1-4H3,(H,23,25). The summed E-state index contributed by atoms with van der Waals surface area (Å²) in [4.78, 5) is 23.9. The van der Waals surface area contributed by atoms with Crippen LogP contribution >= 0.6 is 0 Å². The number of hydrogen-bond donors (Lipinski definition) is 1. The minimum Gasteiger partial charge on any atom is -0.493 e. The first-order chi connectivity index (χ1) is 13.6. The molecule has 8 heteroatoms. The minimum atomic E-state index is -0.294. The molecular formula is C20H26N4O4. The molecule has 1 aromatic heterocycles. The van der Waals surface area contributed by atoms with Crippen LogP contribution in [0.2, 0.25) is 0 Å². The molecule has 2 heterocycles. The molecule has 1 fully saturated rings. The number of methoxy groups -OCH3 is 3. The highest BCUT2D eigenvalue weighted by Gasteiger charge is 2.19. The van der Waals surface area contributed by atoms with E-state index in [1.54, 1.807) is 18.3 Å². The number of nitrogens with zero attached hydrogens (tertiary/aromatic N) is 3. The maximum absolute atomic E-state index is 12.8. The Bertz CT molecular complexity index is 825. The molecule has 0 bridgehead atoms. The zero-order valence-corrected chi connectivity index (χ0v) is 16.7. The molecule has 1 N–H and O–H groups in total. The van der Waals surface area contributed by atoms with Crippen LogP contribution in [-0.4, -0.2) is 50.3 Å². The number of carbonyl (C=O) groups excluding carboxylic acids is 1. The fourth-order valence-corrected chi connectivity index (χ4v) is 3.28. The average Bonchev–Trinajstić information content (AvgIpc) is 2.73. The summed E-state index contributed by atoms with van der Waals surface area (Å²) >= 11 is 0. The molecule has 0 saturated carbocycles. The van der Waals surface area contributed by atoms with Crippen LogP contribution in [0.4, 0.5) is 11.6 Å². The number of nitrogens with one attached hydrogen (secondary N) is 1. The molecule has 1 amide bonds. The normalized spacial score (nSPS) is 13.8. The second-order valence-corrected chi connectivity index (χ2v) is 6.58. The summed E-state index contributed by atoms with van der Waals surface area (Å²) in [6, 6.07) is 3.36. The minimum absolute atomic E-state index is 0.294. The van der Waals surface area contributed by atoms with Crippen LogP contribution in [-0.2, 0) is 0 Å². The third-order valence-electron chi connectivity index (χ3n) is 4.77. The Hall–Kier alpha value is -3.03. The summed E-state index contributed by atoms with van der Waals surface area (Å²) < 4.78 is 16.0. The van der Waals surface area contributed by atoms with Gasteiger partial charge in [0.15, 0.2) is 11.5 Å². The molecule has 1 aromatic carbocycles. The summed E-state index contributed by atoms with van der Waals surface area (Å²) in [5, 5.41) is 2.85. The van der Waals surface area contributed by atoms with Crippen LogP contribution in [0.3, 0.4) is 0 Å². The van der Waals surface area contributed by atoms with Crippen LogP contribution in [0.1, 0.15) is 35.3 Å². The quantitative estimate of drug-likeness (QED) is 0.816. The van der Waals surface area contributed by atoms with Crippen LogP contribution in [0.5, 0.6) is 17.2 Å². The molecule has 1 aliphatic rings. The first-order valence-electron chi connectivity index (χ1n) is 9.27. The van der Waals surface area contributed by atoms with E-state index in [1.807, 2.05) is 6.92 Å². The van der Waals surface area contributed by atoms with Gasteiger partial charge in [-0.15, -0.1) is 0 Å². The maximum Gasteiger partial charge on any atom is 0.259 e. The lowest BCUT2D eigenvalue weighted by atomic mass is 10.1. The van der Waals surface area contributed by atoms with Crippen molar-refractivity contribution in [2.75, 3.05) is 44.6 Å². The zero-order valence-electron chi connectivity index (χ0n) is 16.7. The lowest BCUT2D eigenvalue weighted by molar-refractivity contribution is 0.102. The number of anilines is 2. The van der Waals surface area contributed by atoms with Gasteiger partial charge in [0.25, 0.3) is 5.91 Å². The average molecular weight is 386 g/mol. The molecule has 0 aliphatic carbocycles. The van der Waals surface area contributed by atoms with E-state index < -0.39 is 0 Å².